The molecule has 0 saturated carbocycles. The fourth-order valence-electron chi connectivity index (χ4n) is 0.841. The minimum atomic E-state index is -0.231. The normalized spacial score (nSPS) is 9.33. The van der Waals surface area contributed by atoms with E-state index in [1.54, 1.807) is 0 Å². The number of phenols is 1. The van der Waals surface area contributed by atoms with E-state index in [1.807, 2.05) is 0 Å². The summed E-state index contributed by atoms with van der Waals surface area (Å²) in [7, 11) is 0. The van der Waals surface area contributed by atoms with Crippen molar-refractivity contribution in [1.82, 2.24) is 0 Å². The van der Waals surface area contributed by atoms with E-state index in [0.29, 0.717) is 11.8 Å². The molecule has 0 radical (unpaired) electrons. The summed E-state index contributed by atoms with van der Waals surface area (Å²) in [5.74, 6) is -0.123. The first-order valence-electron chi connectivity index (χ1n) is 3.50. The van der Waals surface area contributed by atoms with Crippen molar-refractivity contribution in [2.24, 2.45) is 0 Å². The van der Waals surface area contributed by atoms with Crippen molar-refractivity contribution in [3.63, 3.8) is 0 Å². The minimum absolute atomic E-state index is 0.106. The van der Waals surface area contributed by atoms with Gasteiger partial charge in [-0.05, 0) is 24.3 Å². The number of hydrogen-bond donors (Lipinski definition) is 1. The number of aldehydes is 1. The van der Waals surface area contributed by atoms with Gasteiger partial charge < -0.3 is 9.90 Å². The maximum atomic E-state index is 11.0. The van der Waals surface area contributed by atoms with Gasteiger partial charge in [0.25, 0.3) is 0 Å². The van der Waals surface area contributed by atoms with E-state index in [9.17, 15) is 9.59 Å². The van der Waals surface area contributed by atoms with Crippen LogP contribution in [0.3, 0.4) is 0 Å². The molecule has 0 aliphatic rings. The van der Waals surface area contributed by atoms with Crippen LogP contribution < -0.4 is 0 Å². The smallest absolute Gasteiger partial charge is 0.169 e. The van der Waals surface area contributed by atoms with Gasteiger partial charge in [-0.1, -0.05) is 0 Å². The van der Waals surface area contributed by atoms with Gasteiger partial charge in [0, 0.05) is 5.56 Å². The summed E-state index contributed by atoms with van der Waals surface area (Å²) in [6, 6.07) is 5.80. The maximum Gasteiger partial charge on any atom is 0.169 e. The molecule has 0 saturated heterocycles. The van der Waals surface area contributed by atoms with E-state index < -0.39 is 0 Å². The Balaban J connectivity index is 2.82. The molecule has 1 aromatic carbocycles. The van der Waals surface area contributed by atoms with E-state index in [2.05, 4.69) is 0 Å². The molecule has 3 nitrogen and oxygen atoms in total. The predicted molar refractivity (Wildman–Crippen MR) is 43.1 cm³/mol. The van der Waals surface area contributed by atoms with Gasteiger partial charge in [0.2, 0.25) is 0 Å². The number of hydrogen-bond acceptors (Lipinski definition) is 3. The molecule has 62 valence electrons. The lowest BCUT2D eigenvalue weighted by Gasteiger charge is -1.95. The van der Waals surface area contributed by atoms with Crippen molar-refractivity contribution in [2.75, 3.05) is 0 Å². The van der Waals surface area contributed by atoms with E-state index in [4.69, 9.17) is 5.11 Å². The molecule has 0 unspecified atom stereocenters. The number of aromatic hydroxyl groups is 1. The van der Waals surface area contributed by atoms with Crippen LogP contribution in [0, 0.1) is 0 Å². The van der Waals surface area contributed by atoms with Crippen LogP contribution in [0.5, 0.6) is 5.75 Å². The Hall–Kier alpha value is -1.64. The molecule has 0 amide bonds. The van der Waals surface area contributed by atoms with Gasteiger partial charge in [0.05, 0.1) is 6.42 Å². The third kappa shape index (κ3) is 1.92. The molecule has 3 heteroatoms. The summed E-state index contributed by atoms with van der Waals surface area (Å²) in [4.78, 5) is 21.0. The van der Waals surface area contributed by atoms with Gasteiger partial charge in [-0.3, -0.25) is 4.79 Å². The molecular formula is C9H8O3. The minimum Gasteiger partial charge on any atom is -0.508 e. The monoisotopic (exact) mass is 164 g/mol. The standard InChI is InChI=1S/C9H8O3/c10-6-5-9(12)7-1-3-8(11)4-2-7/h1-4,6,11H,5H2. The summed E-state index contributed by atoms with van der Waals surface area (Å²) in [5.41, 5.74) is 0.444. The van der Waals surface area contributed by atoms with Crippen LogP contribution in [-0.4, -0.2) is 17.2 Å². The lowest BCUT2D eigenvalue weighted by atomic mass is 10.1. The average Bonchev–Trinajstić information content (AvgIpc) is 2.06. The Morgan fingerprint density at radius 2 is 1.92 bits per heavy atom. The van der Waals surface area contributed by atoms with Crippen LogP contribution in [-0.2, 0) is 4.79 Å². The van der Waals surface area contributed by atoms with Crippen LogP contribution in [0.2, 0.25) is 0 Å². The first-order chi connectivity index (χ1) is 5.74. The zero-order chi connectivity index (χ0) is 8.97. The zero-order valence-electron chi connectivity index (χ0n) is 6.36. The highest BCUT2D eigenvalue weighted by atomic mass is 16.3. The number of carbonyl (C=O) groups excluding carboxylic acids is 2. The molecule has 1 rings (SSSR count). The van der Waals surface area contributed by atoms with E-state index in [0.717, 1.165) is 0 Å². The highest BCUT2D eigenvalue weighted by Crippen LogP contribution is 2.10. The van der Waals surface area contributed by atoms with Gasteiger partial charge in [0.15, 0.2) is 5.78 Å². The molecule has 0 heterocycles. The number of ketones is 1. The molecule has 1 N–H and O–H groups in total. The van der Waals surface area contributed by atoms with Crippen molar-refractivity contribution in [3.05, 3.63) is 29.8 Å². The van der Waals surface area contributed by atoms with Crippen molar-refractivity contribution < 1.29 is 14.7 Å². The second-order valence-corrected chi connectivity index (χ2v) is 2.34. The Labute approximate surface area is 69.6 Å². The Morgan fingerprint density at radius 3 is 2.42 bits per heavy atom. The summed E-state index contributed by atoms with van der Waals surface area (Å²) in [6.07, 6.45) is 0.458. The molecule has 0 spiro atoms. The molecular weight excluding hydrogens is 156 g/mol. The van der Waals surface area contributed by atoms with Crippen molar-refractivity contribution >= 4 is 12.1 Å². The molecule has 1 aromatic rings. The van der Waals surface area contributed by atoms with E-state index in [1.165, 1.54) is 24.3 Å². The SMILES string of the molecule is O=CCC(=O)c1ccc(O)cc1. The fraction of sp³-hybridized carbons (Fsp3) is 0.111. The fourth-order valence-corrected chi connectivity index (χ4v) is 0.841. The number of carbonyl (C=O) groups is 2. The lowest BCUT2D eigenvalue weighted by Crippen LogP contribution is -1.98. The van der Waals surface area contributed by atoms with Gasteiger partial charge in [-0.2, -0.15) is 0 Å². The summed E-state index contributed by atoms with van der Waals surface area (Å²) in [6.45, 7) is 0. The van der Waals surface area contributed by atoms with Crippen molar-refractivity contribution in [3.8, 4) is 5.75 Å². The van der Waals surface area contributed by atoms with Gasteiger partial charge in [0.1, 0.15) is 12.0 Å². The van der Waals surface area contributed by atoms with Gasteiger partial charge in [-0.25, -0.2) is 0 Å². The predicted octanol–water partition coefficient (Wildman–Crippen LogP) is 1.16. The first kappa shape index (κ1) is 8.46. The third-order valence-electron chi connectivity index (χ3n) is 1.46. The number of Topliss-reactive ketones (excluding diaryl/α,β-unsaturated/α-hetero) is 1. The third-order valence-corrected chi connectivity index (χ3v) is 1.46. The summed E-state index contributed by atoms with van der Waals surface area (Å²) in [5, 5.41) is 8.89. The van der Waals surface area contributed by atoms with Crippen molar-refractivity contribution in [2.45, 2.75) is 6.42 Å². The number of rotatable bonds is 3. The summed E-state index contributed by atoms with van der Waals surface area (Å²) < 4.78 is 0. The van der Waals surface area contributed by atoms with Gasteiger partial charge in [-0.15, -0.1) is 0 Å². The zero-order valence-corrected chi connectivity index (χ0v) is 6.36. The quantitative estimate of drug-likeness (QED) is 0.414. The van der Waals surface area contributed by atoms with Crippen LogP contribution >= 0.6 is 0 Å². The molecule has 0 fully saturated rings. The number of phenolic OH excluding ortho intramolecular Hbond substituents is 1. The maximum absolute atomic E-state index is 11.0. The molecule has 12 heavy (non-hydrogen) atoms. The van der Waals surface area contributed by atoms with Crippen LogP contribution in [0.4, 0.5) is 0 Å². The molecule has 0 aliphatic carbocycles. The highest BCUT2D eigenvalue weighted by Gasteiger charge is 2.03. The second-order valence-electron chi connectivity index (χ2n) is 2.34. The van der Waals surface area contributed by atoms with Crippen molar-refractivity contribution in [1.29, 1.82) is 0 Å². The Bertz CT molecular complexity index is 287. The molecule has 0 aromatic heterocycles. The van der Waals surface area contributed by atoms with Crippen LogP contribution in [0.15, 0.2) is 24.3 Å². The van der Waals surface area contributed by atoms with Crippen LogP contribution in [0.25, 0.3) is 0 Å². The van der Waals surface area contributed by atoms with E-state index in [-0.39, 0.29) is 18.0 Å². The lowest BCUT2D eigenvalue weighted by molar-refractivity contribution is -0.107. The van der Waals surface area contributed by atoms with Crippen LogP contribution in [0.1, 0.15) is 16.8 Å². The van der Waals surface area contributed by atoms with Gasteiger partial charge >= 0.3 is 0 Å². The average molecular weight is 164 g/mol. The first-order valence-corrected chi connectivity index (χ1v) is 3.50. The second kappa shape index (κ2) is 3.67. The summed E-state index contributed by atoms with van der Waals surface area (Å²) >= 11 is 0. The molecule has 0 atom stereocenters. The Kier molecular flexibility index (Phi) is 2.58. The highest BCUT2D eigenvalue weighted by molar-refractivity contribution is 6.02. The molecule has 0 aliphatic heterocycles. The largest absolute Gasteiger partial charge is 0.508 e. The Morgan fingerprint density at radius 1 is 1.33 bits per heavy atom. The number of benzene rings is 1. The topological polar surface area (TPSA) is 54.4 Å². The molecule has 0 bridgehead atoms. The van der Waals surface area contributed by atoms with E-state index >= 15 is 0 Å².